The maximum absolute atomic E-state index is 10.0. The standard InChI is InChI=1S/C13H23NO/c1-9-4-6-11-10(8-9)5-7-12(14-11)13(2,3)15/h10-12,14-15H,1,4-8H2,2-3H3. The molecule has 0 aromatic heterocycles. The minimum atomic E-state index is -0.584. The molecule has 2 heteroatoms. The molecule has 0 radical (unpaired) electrons. The zero-order valence-electron chi connectivity index (χ0n) is 9.92. The number of fused-ring (bicyclic) bond motifs is 1. The van der Waals surface area contributed by atoms with Gasteiger partial charge < -0.3 is 10.4 Å². The molecular weight excluding hydrogens is 186 g/mol. The van der Waals surface area contributed by atoms with Crippen molar-refractivity contribution in [2.45, 2.75) is 63.6 Å². The van der Waals surface area contributed by atoms with Gasteiger partial charge in [0, 0.05) is 12.1 Å². The molecule has 1 saturated heterocycles. The van der Waals surface area contributed by atoms with Crippen LogP contribution in [0.15, 0.2) is 12.2 Å². The number of hydrogen-bond acceptors (Lipinski definition) is 2. The van der Waals surface area contributed by atoms with Gasteiger partial charge in [-0.2, -0.15) is 0 Å². The highest BCUT2D eigenvalue weighted by Crippen LogP contribution is 2.36. The molecule has 3 atom stereocenters. The van der Waals surface area contributed by atoms with Crippen molar-refractivity contribution in [2.24, 2.45) is 5.92 Å². The monoisotopic (exact) mass is 209 g/mol. The lowest BCUT2D eigenvalue weighted by molar-refractivity contribution is 0.00752. The zero-order chi connectivity index (χ0) is 11.1. The molecule has 3 unspecified atom stereocenters. The van der Waals surface area contributed by atoms with Crippen LogP contribution in [0, 0.1) is 5.92 Å². The summed E-state index contributed by atoms with van der Waals surface area (Å²) >= 11 is 0. The van der Waals surface area contributed by atoms with Crippen LogP contribution in [0.5, 0.6) is 0 Å². The molecule has 2 N–H and O–H groups in total. The number of allylic oxidation sites excluding steroid dienone is 1. The third-order valence-corrected chi connectivity index (χ3v) is 4.02. The van der Waals surface area contributed by atoms with E-state index in [4.69, 9.17) is 0 Å². The van der Waals surface area contributed by atoms with E-state index in [0.717, 1.165) is 18.8 Å². The van der Waals surface area contributed by atoms with E-state index in [1.165, 1.54) is 24.8 Å². The molecule has 0 spiro atoms. The van der Waals surface area contributed by atoms with Crippen molar-refractivity contribution >= 4 is 0 Å². The highest BCUT2D eigenvalue weighted by Gasteiger charge is 2.37. The van der Waals surface area contributed by atoms with Gasteiger partial charge in [-0.15, -0.1) is 0 Å². The van der Waals surface area contributed by atoms with Crippen molar-refractivity contribution in [2.75, 3.05) is 0 Å². The molecule has 86 valence electrons. The van der Waals surface area contributed by atoms with E-state index in [1.807, 2.05) is 13.8 Å². The first kappa shape index (κ1) is 11.2. The Kier molecular flexibility index (Phi) is 2.91. The first-order valence-electron chi connectivity index (χ1n) is 6.12. The van der Waals surface area contributed by atoms with Gasteiger partial charge in [0.2, 0.25) is 0 Å². The summed E-state index contributed by atoms with van der Waals surface area (Å²) in [7, 11) is 0. The molecule has 2 nitrogen and oxygen atoms in total. The first-order chi connectivity index (χ1) is 6.97. The largest absolute Gasteiger partial charge is 0.389 e. The minimum Gasteiger partial charge on any atom is -0.389 e. The van der Waals surface area contributed by atoms with Crippen molar-refractivity contribution in [1.29, 1.82) is 0 Å². The second-order valence-electron chi connectivity index (χ2n) is 5.81. The molecule has 1 saturated carbocycles. The molecule has 2 rings (SSSR count). The third-order valence-electron chi connectivity index (χ3n) is 4.02. The molecular formula is C13H23NO. The highest BCUT2D eigenvalue weighted by atomic mass is 16.3. The molecule has 2 fully saturated rings. The van der Waals surface area contributed by atoms with Crippen molar-refractivity contribution in [3.8, 4) is 0 Å². The summed E-state index contributed by atoms with van der Waals surface area (Å²) in [5.74, 6) is 0.768. The van der Waals surface area contributed by atoms with Gasteiger partial charge in [-0.1, -0.05) is 12.2 Å². The Labute approximate surface area is 92.8 Å². The van der Waals surface area contributed by atoms with Crippen LogP contribution in [0.3, 0.4) is 0 Å². The van der Waals surface area contributed by atoms with E-state index in [-0.39, 0.29) is 6.04 Å². The van der Waals surface area contributed by atoms with Crippen LogP contribution in [0.4, 0.5) is 0 Å². The zero-order valence-corrected chi connectivity index (χ0v) is 9.92. The molecule has 0 amide bonds. The van der Waals surface area contributed by atoms with Crippen molar-refractivity contribution < 1.29 is 5.11 Å². The lowest BCUT2D eigenvalue weighted by atomic mass is 9.74. The van der Waals surface area contributed by atoms with Crippen LogP contribution in [-0.4, -0.2) is 22.8 Å². The molecule has 0 bridgehead atoms. The Balaban J connectivity index is 1.98. The highest BCUT2D eigenvalue weighted by molar-refractivity contribution is 5.06. The maximum atomic E-state index is 10.0. The second kappa shape index (κ2) is 3.91. The van der Waals surface area contributed by atoms with Gasteiger partial charge in [0.15, 0.2) is 0 Å². The number of nitrogens with one attached hydrogen (secondary N) is 1. The van der Waals surface area contributed by atoms with Gasteiger partial charge in [-0.05, 0) is 51.9 Å². The third kappa shape index (κ3) is 2.43. The molecule has 0 aromatic rings. The normalized spacial score (nSPS) is 37.5. The Morgan fingerprint density at radius 1 is 1.33 bits per heavy atom. The van der Waals surface area contributed by atoms with Gasteiger partial charge in [0.25, 0.3) is 0 Å². The van der Waals surface area contributed by atoms with Crippen LogP contribution < -0.4 is 5.32 Å². The average molecular weight is 209 g/mol. The summed E-state index contributed by atoms with van der Waals surface area (Å²) in [6.45, 7) is 7.91. The molecule has 2 aliphatic rings. The number of aliphatic hydroxyl groups is 1. The van der Waals surface area contributed by atoms with Crippen LogP contribution in [0.2, 0.25) is 0 Å². The predicted octanol–water partition coefficient (Wildman–Crippen LogP) is 2.23. The lowest BCUT2D eigenvalue weighted by Crippen LogP contribution is -2.57. The van der Waals surface area contributed by atoms with Crippen molar-refractivity contribution in [3.63, 3.8) is 0 Å². The summed E-state index contributed by atoms with van der Waals surface area (Å²) in [6, 6.07) is 0.880. The summed E-state index contributed by atoms with van der Waals surface area (Å²) in [5, 5.41) is 13.6. The van der Waals surface area contributed by atoms with E-state index < -0.39 is 5.60 Å². The lowest BCUT2D eigenvalue weighted by Gasteiger charge is -2.44. The topological polar surface area (TPSA) is 32.3 Å². The molecule has 1 aliphatic carbocycles. The number of hydrogen-bond donors (Lipinski definition) is 2. The molecule has 1 heterocycles. The second-order valence-corrected chi connectivity index (χ2v) is 5.81. The van der Waals surface area contributed by atoms with Crippen molar-refractivity contribution in [3.05, 3.63) is 12.2 Å². The minimum absolute atomic E-state index is 0.269. The fourth-order valence-electron chi connectivity index (χ4n) is 3.01. The summed E-state index contributed by atoms with van der Waals surface area (Å²) in [6.07, 6.45) is 5.89. The fourth-order valence-corrected chi connectivity index (χ4v) is 3.01. The van der Waals surface area contributed by atoms with E-state index in [0.29, 0.717) is 6.04 Å². The van der Waals surface area contributed by atoms with Gasteiger partial charge in [0.05, 0.1) is 5.60 Å². The average Bonchev–Trinajstić information content (AvgIpc) is 2.15. The summed E-state index contributed by atoms with van der Waals surface area (Å²) < 4.78 is 0. The van der Waals surface area contributed by atoms with Crippen LogP contribution in [0.1, 0.15) is 46.0 Å². The fraction of sp³-hybridized carbons (Fsp3) is 0.846. The van der Waals surface area contributed by atoms with E-state index >= 15 is 0 Å². The van der Waals surface area contributed by atoms with E-state index in [2.05, 4.69) is 11.9 Å². The predicted molar refractivity (Wildman–Crippen MR) is 62.7 cm³/mol. The Morgan fingerprint density at radius 3 is 2.73 bits per heavy atom. The Bertz CT molecular complexity index is 254. The van der Waals surface area contributed by atoms with Gasteiger partial charge in [-0.3, -0.25) is 0 Å². The smallest absolute Gasteiger partial charge is 0.0744 e. The summed E-state index contributed by atoms with van der Waals surface area (Å²) in [5.41, 5.74) is 0.833. The van der Waals surface area contributed by atoms with Crippen LogP contribution in [-0.2, 0) is 0 Å². The Hall–Kier alpha value is -0.340. The first-order valence-corrected chi connectivity index (χ1v) is 6.12. The van der Waals surface area contributed by atoms with Crippen molar-refractivity contribution in [1.82, 2.24) is 5.32 Å². The van der Waals surface area contributed by atoms with Gasteiger partial charge >= 0.3 is 0 Å². The van der Waals surface area contributed by atoms with Gasteiger partial charge in [-0.25, -0.2) is 0 Å². The van der Waals surface area contributed by atoms with Crippen LogP contribution >= 0.6 is 0 Å². The molecule has 15 heavy (non-hydrogen) atoms. The molecule has 1 aliphatic heterocycles. The molecule has 0 aromatic carbocycles. The number of rotatable bonds is 1. The quantitative estimate of drug-likeness (QED) is 0.649. The van der Waals surface area contributed by atoms with E-state index in [1.54, 1.807) is 0 Å². The summed E-state index contributed by atoms with van der Waals surface area (Å²) in [4.78, 5) is 0. The number of piperidine rings is 1. The van der Waals surface area contributed by atoms with Crippen LogP contribution in [0.25, 0.3) is 0 Å². The Morgan fingerprint density at radius 2 is 2.07 bits per heavy atom. The SMILES string of the molecule is C=C1CCC2NC(C(C)(C)O)CCC2C1. The maximum Gasteiger partial charge on any atom is 0.0744 e. The van der Waals surface area contributed by atoms with Gasteiger partial charge in [0.1, 0.15) is 0 Å². The van der Waals surface area contributed by atoms with E-state index in [9.17, 15) is 5.11 Å².